The molecule has 0 bridgehead atoms. The van der Waals surface area contributed by atoms with Gasteiger partial charge in [0.15, 0.2) is 0 Å². The van der Waals surface area contributed by atoms with Crippen molar-refractivity contribution in [1.82, 2.24) is 9.80 Å². The topological polar surface area (TPSA) is 79.8 Å². The Morgan fingerprint density at radius 3 is 2.52 bits per heavy atom. The molecule has 0 unspecified atom stereocenters. The highest BCUT2D eigenvalue weighted by atomic mass is 19.1. The number of rotatable bonds is 7. The zero-order valence-electron chi connectivity index (χ0n) is 14.5. The van der Waals surface area contributed by atoms with E-state index in [0.717, 1.165) is 5.76 Å². The maximum atomic E-state index is 13.4. The monoisotopic (exact) mass is 347 g/mol. The Morgan fingerprint density at radius 2 is 1.96 bits per heavy atom. The summed E-state index contributed by atoms with van der Waals surface area (Å²) < 4.78 is 18.9. The molecule has 0 aliphatic carbocycles. The van der Waals surface area contributed by atoms with Crippen LogP contribution in [0.5, 0.6) is 0 Å². The number of amides is 2. The molecule has 1 aromatic heterocycles. The Hall–Kier alpha value is -2.67. The summed E-state index contributed by atoms with van der Waals surface area (Å²) in [6.07, 6.45) is 0. The molecule has 6 nitrogen and oxygen atoms in total. The van der Waals surface area contributed by atoms with Gasteiger partial charge in [-0.3, -0.25) is 14.5 Å². The summed E-state index contributed by atoms with van der Waals surface area (Å²) in [4.78, 5) is 27.2. The molecule has 0 aliphatic rings. The third kappa shape index (κ3) is 4.90. The number of hydrogen-bond donors (Lipinski definition) is 1. The molecule has 2 N–H and O–H groups in total. The van der Waals surface area contributed by atoms with Crippen molar-refractivity contribution < 1.29 is 18.4 Å². The second-order valence-corrected chi connectivity index (χ2v) is 6.04. The maximum Gasteiger partial charge on any atom is 0.239 e. The van der Waals surface area contributed by atoms with Crippen LogP contribution in [0.25, 0.3) is 0 Å². The van der Waals surface area contributed by atoms with Gasteiger partial charge in [0.1, 0.15) is 23.4 Å². The van der Waals surface area contributed by atoms with Gasteiger partial charge in [0.05, 0.1) is 13.1 Å². The number of aryl methyl sites for hydroxylation is 1. The van der Waals surface area contributed by atoms with Gasteiger partial charge in [-0.1, -0.05) is 12.1 Å². The zero-order valence-corrected chi connectivity index (χ0v) is 14.5. The Labute approximate surface area is 146 Å². The fourth-order valence-electron chi connectivity index (χ4n) is 2.63. The third-order valence-corrected chi connectivity index (χ3v) is 3.87. The summed E-state index contributed by atoms with van der Waals surface area (Å²) in [5, 5.41) is 0. The predicted molar refractivity (Wildman–Crippen MR) is 90.9 cm³/mol. The van der Waals surface area contributed by atoms with Crippen molar-refractivity contribution >= 4 is 11.8 Å². The van der Waals surface area contributed by atoms with Gasteiger partial charge in [0.2, 0.25) is 11.8 Å². The smallest absolute Gasteiger partial charge is 0.239 e. The molecule has 134 valence electrons. The molecule has 2 aromatic rings. The van der Waals surface area contributed by atoms with Crippen LogP contribution in [0.2, 0.25) is 0 Å². The number of nitrogens with two attached hydrogens (primary N) is 1. The van der Waals surface area contributed by atoms with Gasteiger partial charge >= 0.3 is 0 Å². The average Bonchev–Trinajstić information content (AvgIpc) is 2.92. The van der Waals surface area contributed by atoms with Crippen LogP contribution in [0, 0.1) is 12.7 Å². The summed E-state index contributed by atoms with van der Waals surface area (Å²) in [5.74, 6) is 0.124. The maximum absolute atomic E-state index is 13.4. The van der Waals surface area contributed by atoms with Crippen molar-refractivity contribution in [3.8, 4) is 0 Å². The van der Waals surface area contributed by atoms with Crippen LogP contribution in [0.3, 0.4) is 0 Å². The van der Waals surface area contributed by atoms with Crippen LogP contribution < -0.4 is 5.73 Å². The zero-order chi connectivity index (χ0) is 18.6. The molecule has 1 heterocycles. The molecule has 7 heteroatoms. The largest absolute Gasteiger partial charge is 0.464 e. The van der Waals surface area contributed by atoms with Crippen LogP contribution in [-0.2, 0) is 16.1 Å². The van der Waals surface area contributed by atoms with Crippen LogP contribution >= 0.6 is 0 Å². The summed E-state index contributed by atoms with van der Waals surface area (Å²) in [5.41, 5.74) is 5.86. The van der Waals surface area contributed by atoms with E-state index in [2.05, 4.69) is 0 Å². The highest BCUT2D eigenvalue weighted by Gasteiger charge is 2.26. The molecule has 0 saturated heterocycles. The lowest BCUT2D eigenvalue weighted by Gasteiger charge is -2.27. The Kier molecular flexibility index (Phi) is 5.93. The van der Waals surface area contributed by atoms with Crippen molar-refractivity contribution in [2.24, 2.45) is 5.73 Å². The SMILES string of the molecule is Cc1ccc(CN(C)C(=O)CN(C)[C@H](C(N)=O)c2cccc(F)c2)o1. The van der Waals surface area contributed by atoms with Crippen LogP contribution in [0.1, 0.15) is 23.1 Å². The number of benzene rings is 1. The molecule has 2 rings (SSSR count). The van der Waals surface area contributed by atoms with E-state index in [1.165, 1.54) is 28.0 Å². The van der Waals surface area contributed by atoms with Crippen LogP contribution in [0.4, 0.5) is 4.39 Å². The molecule has 0 radical (unpaired) electrons. The first-order valence-corrected chi connectivity index (χ1v) is 7.82. The van der Waals surface area contributed by atoms with E-state index in [0.29, 0.717) is 17.9 Å². The number of carbonyl (C=O) groups is 2. The number of nitrogens with zero attached hydrogens (tertiary/aromatic N) is 2. The van der Waals surface area contributed by atoms with E-state index in [1.54, 1.807) is 20.2 Å². The Balaban J connectivity index is 2.05. The van der Waals surface area contributed by atoms with E-state index < -0.39 is 17.8 Å². The van der Waals surface area contributed by atoms with Crippen molar-refractivity contribution in [1.29, 1.82) is 0 Å². The number of likely N-dealkylation sites (N-methyl/N-ethyl adjacent to an activating group) is 2. The van der Waals surface area contributed by atoms with Crippen molar-refractivity contribution in [2.75, 3.05) is 20.6 Å². The number of carbonyl (C=O) groups excluding carboxylic acids is 2. The molecule has 0 saturated carbocycles. The van der Waals surface area contributed by atoms with Gasteiger partial charge in [0.25, 0.3) is 0 Å². The first-order valence-electron chi connectivity index (χ1n) is 7.82. The van der Waals surface area contributed by atoms with Gasteiger partial charge in [0, 0.05) is 7.05 Å². The number of hydrogen-bond acceptors (Lipinski definition) is 4. The highest BCUT2D eigenvalue weighted by molar-refractivity contribution is 5.83. The number of halogens is 1. The van der Waals surface area contributed by atoms with Crippen molar-refractivity contribution in [3.05, 3.63) is 59.3 Å². The standard InChI is InChI=1S/C18H22FN3O3/c1-12-7-8-15(25-12)10-21(2)16(23)11-22(3)17(18(20)24)13-5-4-6-14(19)9-13/h4-9,17H,10-11H2,1-3H3,(H2,20,24)/t17-/m0/s1. The Morgan fingerprint density at radius 1 is 1.24 bits per heavy atom. The minimum absolute atomic E-state index is 0.0414. The molecule has 0 spiro atoms. The first-order chi connectivity index (χ1) is 11.8. The fourth-order valence-corrected chi connectivity index (χ4v) is 2.63. The summed E-state index contributed by atoms with van der Waals surface area (Å²) in [6, 6.07) is 8.38. The molecular formula is C18H22FN3O3. The quantitative estimate of drug-likeness (QED) is 0.829. The molecule has 25 heavy (non-hydrogen) atoms. The van der Waals surface area contributed by atoms with Gasteiger partial charge in [-0.25, -0.2) is 4.39 Å². The molecule has 1 aromatic carbocycles. The second kappa shape index (κ2) is 7.94. The van der Waals surface area contributed by atoms with Gasteiger partial charge < -0.3 is 15.1 Å². The molecular weight excluding hydrogens is 325 g/mol. The van der Waals surface area contributed by atoms with Crippen LogP contribution in [-0.4, -0.2) is 42.3 Å². The average molecular weight is 347 g/mol. The number of primary amides is 1. The van der Waals surface area contributed by atoms with E-state index in [-0.39, 0.29) is 12.5 Å². The second-order valence-electron chi connectivity index (χ2n) is 6.04. The van der Waals surface area contributed by atoms with Crippen molar-refractivity contribution in [2.45, 2.75) is 19.5 Å². The molecule has 2 amide bonds. The minimum Gasteiger partial charge on any atom is -0.464 e. The van der Waals surface area contributed by atoms with Gasteiger partial charge in [-0.05, 0) is 43.8 Å². The normalized spacial score (nSPS) is 12.2. The van der Waals surface area contributed by atoms with E-state index in [4.69, 9.17) is 10.2 Å². The van der Waals surface area contributed by atoms with E-state index in [9.17, 15) is 14.0 Å². The third-order valence-electron chi connectivity index (χ3n) is 3.87. The predicted octanol–water partition coefficient (Wildman–Crippen LogP) is 1.84. The van der Waals surface area contributed by atoms with Crippen LogP contribution in [0.15, 0.2) is 40.8 Å². The summed E-state index contributed by atoms with van der Waals surface area (Å²) in [6.45, 7) is 2.11. The minimum atomic E-state index is -0.890. The first kappa shape index (κ1) is 18.7. The van der Waals surface area contributed by atoms with Gasteiger partial charge in [-0.2, -0.15) is 0 Å². The van der Waals surface area contributed by atoms with E-state index >= 15 is 0 Å². The lowest BCUT2D eigenvalue weighted by atomic mass is 10.0. The molecule has 0 aliphatic heterocycles. The van der Waals surface area contributed by atoms with E-state index in [1.807, 2.05) is 19.1 Å². The summed E-state index contributed by atoms with van der Waals surface area (Å²) >= 11 is 0. The molecule has 1 atom stereocenters. The number of furan rings is 1. The molecule has 0 fully saturated rings. The summed E-state index contributed by atoms with van der Waals surface area (Å²) in [7, 11) is 3.25. The lowest BCUT2D eigenvalue weighted by molar-refractivity contribution is -0.133. The lowest BCUT2D eigenvalue weighted by Crippen LogP contribution is -2.42. The van der Waals surface area contributed by atoms with Gasteiger partial charge in [-0.15, -0.1) is 0 Å². The Bertz CT molecular complexity index is 760. The van der Waals surface area contributed by atoms with Crippen molar-refractivity contribution in [3.63, 3.8) is 0 Å². The fraction of sp³-hybridized carbons (Fsp3) is 0.333. The highest BCUT2D eigenvalue weighted by Crippen LogP contribution is 2.20.